The Kier molecular flexibility index (Phi) is 8.10. The number of amides is 1. The summed E-state index contributed by atoms with van der Waals surface area (Å²) in [5, 5.41) is 1.26. The number of carbonyl (C=O) groups is 1. The zero-order valence-corrected chi connectivity index (χ0v) is 21.1. The first-order chi connectivity index (χ1) is 16.9. The van der Waals surface area contributed by atoms with Crippen molar-refractivity contribution in [3.8, 4) is 11.5 Å². The molecule has 2 aliphatic rings. The number of likely N-dealkylation sites (tertiary alicyclic amines) is 1. The maximum absolute atomic E-state index is 13.3. The molecule has 1 amide bonds. The number of benzene rings is 2. The third-order valence-electron chi connectivity index (χ3n) is 6.65. The van der Waals surface area contributed by atoms with Crippen LogP contribution in [0.4, 0.5) is 0 Å². The van der Waals surface area contributed by atoms with Crippen molar-refractivity contribution in [2.24, 2.45) is 0 Å². The molecule has 0 radical (unpaired) electrons. The van der Waals surface area contributed by atoms with Crippen LogP contribution in [-0.2, 0) is 14.8 Å². The summed E-state index contributed by atoms with van der Waals surface area (Å²) in [5.41, 5.74) is 1.80. The minimum atomic E-state index is -3.50. The molecule has 2 saturated heterocycles. The minimum absolute atomic E-state index is 0.0534. The van der Waals surface area contributed by atoms with Crippen LogP contribution < -0.4 is 9.47 Å². The number of carbonyl (C=O) groups excluding carboxylic acids is 1. The van der Waals surface area contributed by atoms with E-state index in [-0.39, 0.29) is 18.5 Å². The first-order valence-corrected chi connectivity index (χ1v) is 13.4. The predicted molar refractivity (Wildman–Crippen MR) is 136 cm³/mol. The van der Waals surface area contributed by atoms with E-state index in [1.54, 1.807) is 20.3 Å². The molecule has 2 aromatic rings. The Bertz CT molecular complexity index is 1140. The van der Waals surface area contributed by atoms with E-state index in [2.05, 4.69) is 0 Å². The minimum Gasteiger partial charge on any atom is -0.497 e. The molecule has 0 bridgehead atoms. The summed E-state index contributed by atoms with van der Waals surface area (Å²) in [6.07, 6.45) is 3.41. The largest absolute Gasteiger partial charge is 0.497 e. The van der Waals surface area contributed by atoms with Crippen LogP contribution in [0.5, 0.6) is 11.5 Å². The molecule has 35 heavy (non-hydrogen) atoms. The van der Waals surface area contributed by atoms with Crippen molar-refractivity contribution in [3.05, 3.63) is 65.1 Å². The van der Waals surface area contributed by atoms with Crippen LogP contribution in [0.25, 0.3) is 6.08 Å². The fourth-order valence-corrected chi connectivity index (χ4v) is 5.90. The number of rotatable bonds is 8. The van der Waals surface area contributed by atoms with Gasteiger partial charge in [0.15, 0.2) is 0 Å². The summed E-state index contributed by atoms with van der Waals surface area (Å²) < 4.78 is 37.9. The Morgan fingerprint density at radius 2 is 1.74 bits per heavy atom. The van der Waals surface area contributed by atoms with Crippen LogP contribution in [-0.4, -0.2) is 81.9 Å². The summed E-state index contributed by atoms with van der Waals surface area (Å²) >= 11 is 0. The Morgan fingerprint density at radius 1 is 1.00 bits per heavy atom. The zero-order valence-electron chi connectivity index (χ0n) is 20.3. The number of sulfonamides is 1. The van der Waals surface area contributed by atoms with Gasteiger partial charge in [0.2, 0.25) is 15.9 Å². The normalized spacial score (nSPS) is 19.8. The van der Waals surface area contributed by atoms with Crippen molar-refractivity contribution in [3.63, 3.8) is 0 Å². The Hall–Kier alpha value is -2.88. The van der Waals surface area contributed by atoms with Crippen molar-refractivity contribution in [2.75, 3.05) is 53.5 Å². The van der Waals surface area contributed by atoms with Crippen molar-refractivity contribution in [1.29, 1.82) is 0 Å². The summed E-state index contributed by atoms with van der Waals surface area (Å²) in [5.74, 6) is 1.54. The van der Waals surface area contributed by atoms with Gasteiger partial charge in [-0.2, -0.15) is 4.31 Å². The van der Waals surface area contributed by atoms with E-state index >= 15 is 0 Å². The topological polar surface area (TPSA) is 79.4 Å². The van der Waals surface area contributed by atoms with Crippen LogP contribution in [0.3, 0.4) is 0 Å². The Morgan fingerprint density at radius 3 is 2.43 bits per heavy atom. The van der Waals surface area contributed by atoms with Gasteiger partial charge >= 0.3 is 0 Å². The quantitative estimate of drug-likeness (QED) is 0.556. The molecule has 0 saturated carbocycles. The van der Waals surface area contributed by atoms with Crippen LogP contribution >= 0.6 is 0 Å². The second-order valence-electron chi connectivity index (χ2n) is 8.79. The number of methoxy groups -OCH3 is 2. The summed E-state index contributed by atoms with van der Waals surface area (Å²) in [6.45, 7) is 2.74. The standard InChI is InChI=1S/C26H33N3O5S/c1-33-22-10-11-25(34-2)23(19-22)24-9-6-13-29(24)26(30)20-27-14-16-28(17-15-27)35(31,32)18-12-21-7-4-3-5-8-21/h3-5,7-8,10-12,18-19,24H,6,9,13-17,20H2,1-2H3/b18-12+. The first kappa shape index (κ1) is 25.2. The highest BCUT2D eigenvalue weighted by atomic mass is 32.2. The molecule has 8 nitrogen and oxygen atoms in total. The van der Waals surface area contributed by atoms with Crippen LogP contribution in [0, 0.1) is 0 Å². The lowest BCUT2D eigenvalue weighted by atomic mass is 10.0. The molecule has 2 fully saturated rings. The zero-order chi connectivity index (χ0) is 24.8. The van der Waals surface area contributed by atoms with Gasteiger partial charge in [0.1, 0.15) is 11.5 Å². The molecule has 0 spiro atoms. The Balaban J connectivity index is 1.35. The van der Waals surface area contributed by atoms with Gasteiger partial charge in [-0.05, 0) is 42.7 Å². The lowest BCUT2D eigenvalue weighted by Crippen LogP contribution is -2.51. The monoisotopic (exact) mass is 499 g/mol. The highest BCUT2D eigenvalue weighted by molar-refractivity contribution is 7.92. The van der Waals surface area contributed by atoms with Gasteiger partial charge in [-0.15, -0.1) is 0 Å². The maximum atomic E-state index is 13.3. The molecular weight excluding hydrogens is 466 g/mol. The number of hydrogen-bond acceptors (Lipinski definition) is 6. The number of ether oxygens (including phenoxy) is 2. The molecule has 0 aliphatic carbocycles. The van der Waals surface area contributed by atoms with Gasteiger partial charge in [0, 0.05) is 43.7 Å². The predicted octanol–water partition coefficient (Wildman–Crippen LogP) is 2.99. The van der Waals surface area contributed by atoms with E-state index in [0.717, 1.165) is 35.5 Å². The molecule has 2 heterocycles. The summed E-state index contributed by atoms with van der Waals surface area (Å²) in [6, 6.07) is 15.0. The third kappa shape index (κ3) is 6.04. The van der Waals surface area contributed by atoms with E-state index in [1.165, 1.54) is 9.71 Å². The molecule has 2 aliphatic heterocycles. The highest BCUT2D eigenvalue weighted by Gasteiger charge is 2.34. The molecular formula is C26H33N3O5S. The van der Waals surface area contributed by atoms with Gasteiger partial charge in [-0.25, -0.2) is 8.42 Å². The first-order valence-electron chi connectivity index (χ1n) is 11.9. The van der Waals surface area contributed by atoms with E-state index in [4.69, 9.17) is 9.47 Å². The molecule has 9 heteroatoms. The summed E-state index contributed by atoms with van der Waals surface area (Å²) in [7, 11) is -0.244. The van der Waals surface area contributed by atoms with Gasteiger partial charge in [-0.3, -0.25) is 9.69 Å². The van der Waals surface area contributed by atoms with E-state index < -0.39 is 10.0 Å². The smallest absolute Gasteiger partial charge is 0.237 e. The molecule has 188 valence electrons. The number of piperazine rings is 1. The average Bonchev–Trinajstić information content (AvgIpc) is 3.38. The van der Waals surface area contributed by atoms with Gasteiger partial charge < -0.3 is 14.4 Å². The average molecular weight is 500 g/mol. The van der Waals surface area contributed by atoms with Crippen molar-refractivity contribution in [2.45, 2.75) is 18.9 Å². The fourth-order valence-electron chi connectivity index (χ4n) is 4.73. The van der Waals surface area contributed by atoms with E-state index in [9.17, 15) is 13.2 Å². The van der Waals surface area contributed by atoms with Crippen molar-refractivity contribution in [1.82, 2.24) is 14.1 Å². The SMILES string of the molecule is COc1ccc(OC)c(C2CCCN2C(=O)CN2CCN(S(=O)(=O)/C=C/c3ccccc3)CC2)c1. The van der Waals surface area contributed by atoms with E-state index in [1.807, 2.05) is 58.3 Å². The second kappa shape index (κ2) is 11.2. The maximum Gasteiger partial charge on any atom is 0.237 e. The third-order valence-corrected chi connectivity index (χ3v) is 8.22. The molecule has 1 unspecified atom stereocenters. The fraction of sp³-hybridized carbons (Fsp3) is 0.423. The van der Waals surface area contributed by atoms with Crippen molar-refractivity contribution < 1.29 is 22.7 Å². The van der Waals surface area contributed by atoms with Gasteiger partial charge in [-0.1, -0.05) is 30.3 Å². The van der Waals surface area contributed by atoms with E-state index in [0.29, 0.717) is 32.7 Å². The molecule has 4 rings (SSSR count). The highest BCUT2D eigenvalue weighted by Crippen LogP contribution is 2.39. The van der Waals surface area contributed by atoms with Crippen LogP contribution in [0.1, 0.15) is 30.0 Å². The lowest BCUT2D eigenvalue weighted by Gasteiger charge is -2.34. The molecule has 1 atom stereocenters. The molecule has 0 aromatic heterocycles. The second-order valence-corrected chi connectivity index (χ2v) is 10.6. The lowest BCUT2D eigenvalue weighted by molar-refractivity contribution is -0.133. The Labute approximate surface area is 207 Å². The number of nitrogens with zero attached hydrogens (tertiary/aromatic N) is 3. The van der Waals surface area contributed by atoms with Gasteiger partial charge in [0.25, 0.3) is 0 Å². The van der Waals surface area contributed by atoms with Gasteiger partial charge in [0.05, 0.1) is 26.8 Å². The van der Waals surface area contributed by atoms with Crippen LogP contribution in [0.2, 0.25) is 0 Å². The molecule has 0 N–H and O–H groups in total. The van der Waals surface area contributed by atoms with Crippen molar-refractivity contribution >= 4 is 22.0 Å². The van der Waals surface area contributed by atoms with Crippen LogP contribution in [0.15, 0.2) is 53.9 Å². The summed E-state index contributed by atoms with van der Waals surface area (Å²) in [4.78, 5) is 17.2. The number of hydrogen-bond donors (Lipinski definition) is 0. The molecule has 2 aromatic carbocycles.